The van der Waals surface area contributed by atoms with Crippen molar-refractivity contribution in [1.82, 2.24) is 4.90 Å². The summed E-state index contributed by atoms with van der Waals surface area (Å²) in [6.07, 6.45) is 1.64. The number of carbonyl (C=O) groups is 3. The first-order valence-corrected chi connectivity index (χ1v) is 9.38. The molecule has 0 saturated carbocycles. The molecule has 0 aromatic heterocycles. The molecule has 1 saturated heterocycles. The monoisotopic (exact) mass is 378 g/mol. The first kappa shape index (κ1) is 20.9. The van der Waals surface area contributed by atoms with E-state index in [1.807, 2.05) is 0 Å². The van der Waals surface area contributed by atoms with Gasteiger partial charge in [-0.05, 0) is 57.9 Å². The fraction of sp³-hybridized carbons (Fsp3) is 0.550. The van der Waals surface area contributed by atoms with Crippen molar-refractivity contribution in [3.63, 3.8) is 0 Å². The Morgan fingerprint density at radius 2 is 1.74 bits per heavy atom. The number of likely N-dealkylation sites (tertiary alicyclic amines) is 1. The number of hydrogen-bond donors (Lipinski definition) is 0. The number of ether oxygens (including phenoxy) is 1. The maximum absolute atomic E-state index is 13.3. The van der Waals surface area contributed by atoms with Crippen molar-refractivity contribution in [2.45, 2.75) is 46.1 Å². The van der Waals surface area contributed by atoms with Crippen LogP contribution in [0.1, 0.15) is 40.0 Å². The van der Waals surface area contributed by atoms with Crippen LogP contribution in [0.25, 0.3) is 0 Å². The van der Waals surface area contributed by atoms with E-state index in [9.17, 15) is 18.8 Å². The molecular formula is C20H27FN2O4. The van der Waals surface area contributed by atoms with Crippen LogP contribution in [0.4, 0.5) is 10.1 Å². The molecule has 7 heteroatoms. The summed E-state index contributed by atoms with van der Waals surface area (Å²) in [6.45, 7) is 6.67. The van der Waals surface area contributed by atoms with E-state index < -0.39 is 23.6 Å². The third kappa shape index (κ3) is 5.28. The van der Waals surface area contributed by atoms with Gasteiger partial charge in [0.25, 0.3) is 0 Å². The zero-order valence-electron chi connectivity index (χ0n) is 16.1. The van der Waals surface area contributed by atoms with Crippen molar-refractivity contribution in [3.05, 3.63) is 30.1 Å². The van der Waals surface area contributed by atoms with E-state index in [-0.39, 0.29) is 25.0 Å². The second-order valence-electron chi connectivity index (χ2n) is 6.88. The van der Waals surface area contributed by atoms with Gasteiger partial charge in [-0.25, -0.2) is 4.39 Å². The molecule has 148 valence electrons. The summed E-state index contributed by atoms with van der Waals surface area (Å²) in [7, 11) is 0. The zero-order valence-corrected chi connectivity index (χ0v) is 16.1. The summed E-state index contributed by atoms with van der Waals surface area (Å²) >= 11 is 0. The highest BCUT2D eigenvalue weighted by Crippen LogP contribution is 2.23. The Kier molecular flexibility index (Phi) is 7.33. The fourth-order valence-corrected chi connectivity index (χ4v) is 3.23. The molecule has 0 radical (unpaired) electrons. The molecule has 0 spiro atoms. The van der Waals surface area contributed by atoms with Crippen LogP contribution in [0, 0.1) is 11.7 Å². The smallest absolute Gasteiger partial charge is 0.319 e. The number of rotatable bonds is 7. The highest BCUT2D eigenvalue weighted by atomic mass is 19.1. The second-order valence-corrected chi connectivity index (χ2v) is 6.88. The largest absolute Gasteiger partial charge is 0.465 e. The molecule has 27 heavy (non-hydrogen) atoms. The van der Waals surface area contributed by atoms with Crippen LogP contribution in [0.5, 0.6) is 0 Å². The fourth-order valence-electron chi connectivity index (χ4n) is 3.23. The van der Waals surface area contributed by atoms with E-state index in [0.29, 0.717) is 18.8 Å². The lowest BCUT2D eigenvalue weighted by Gasteiger charge is -2.30. The Labute approximate surface area is 159 Å². The molecule has 1 aromatic carbocycles. The first-order chi connectivity index (χ1) is 12.8. The van der Waals surface area contributed by atoms with Gasteiger partial charge in [0.1, 0.15) is 11.7 Å². The van der Waals surface area contributed by atoms with Crippen molar-refractivity contribution < 1.29 is 23.5 Å². The van der Waals surface area contributed by atoms with Gasteiger partial charge in [-0.2, -0.15) is 0 Å². The first-order valence-electron chi connectivity index (χ1n) is 9.38. The van der Waals surface area contributed by atoms with Crippen LogP contribution < -0.4 is 4.90 Å². The van der Waals surface area contributed by atoms with Gasteiger partial charge in [0.05, 0.1) is 6.61 Å². The molecule has 1 unspecified atom stereocenters. The summed E-state index contributed by atoms with van der Waals surface area (Å²) < 4.78 is 18.3. The minimum atomic E-state index is -1.22. The highest BCUT2D eigenvalue weighted by Gasteiger charge is 2.37. The minimum Gasteiger partial charge on any atom is -0.465 e. The van der Waals surface area contributed by atoms with E-state index >= 15 is 0 Å². The van der Waals surface area contributed by atoms with Crippen LogP contribution in [0.15, 0.2) is 24.3 Å². The molecule has 1 aliphatic rings. The Hall–Kier alpha value is -2.44. The van der Waals surface area contributed by atoms with E-state index in [4.69, 9.17) is 4.74 Å². The Morgan fingerprint density at radius 1 is 1.15 bits per heavy atom. The third-order valence-corrected chi connectivity index (χ3v) is 4.57. The number of nitrogens with zero attached hydrogens (tertiary/aromatic N) is 2. The van der Waals surface area contributed by atoms with Crippen molar-refractivity contribution in [3.8, 4) is 0 Å². The SMILES string of the molecule is CCOC(=O)C(CC(=O)N1CCCC1)C(=O)N(c1ccc(F)cc1)C(C)C. The van der Waals surface area contributed by atoms with Gasteiger partial charge in [-0.3, -0.25) is 14.4 Å². The molecule has 2 amide bonds. The lowest BCUT2D eigenvalue weighted by molar-refractivity contribution is -0.154. The molecule has 1 atom stereocenters. The highest BCUT2D eigenvalue weighted by molar-refractivity contribution is 6.08. The van der Waals surface area contributed by atoms with E-state index in [0.717, 1.165) is 12.8 Å². The van der Waals surface area contributed by atoms with Crippen LogP contribution in [0.3, 0.4) is 0 Å². The third-order valence-electron chi connectivity index (χ3n) is 4.57. The van der Waals surface area contributed by atoms with Crippen molar-refractivity contribution in [2.75, 3.05) is 24.6 Å². The summed E-state index contributed by atoms with van der Waals surface area (Å²) in [5.41, 5.74) is 0.472. The number of benzene rings is 1. The van der Waals surface area contributed by atoms with Gasteiger partial charge in [-0.15, -0.1) is 0 Å². The number of halogens is 1. The summed E-state index contributed by atoms with van der Waals surface area (Å²) in [6, 6.07) is 5.20. The predicted molar refractivity (Wildman–Crippen MR) is 99.6 cm³/mol. The Balaban J connectivity index is 2.27. The lowest BCUT2D eigenvalue weighted by atomic mass is 10.0. The van der Waals surface area contributed by atoms with Gasteiger partial charge in [0.2, 0.25) is 11.8 Å². The molecule has 0 bridgehead atoms. The average molecular weight is 378 g/mol. The molecule has 1 fully saturated rings. The van der Waals surface area contributed by atoms with Crippen LogP contribution >= 0.6 is 0 Å². The second kappa shape index (κ2) is 9.48. The summed E-state index contributed by atoms with van der Waals surface area (Å²) in [4.78, 5) is 41.3. The van der Waals surface area contributed by atoms with Gasteiger partial charge >= 0.3 is 5.97 Å². The lowest BCUT2D eigenvalue weighted by Crippen LogP contribution is -2.46. The van der Waals surface area contributed by atoms with E-state index in [2.05, 4.69) is 0 Å². The van der Waals surface area contributed by atoms with E-state index in [1.165, 1.54) is 29.2 Å². The Bertz CT molecular complexity index is 669. The van der Waals surface area contributed by atoms with Crippen molar-refractivity contribution >= 4 is 23.5 Å². The number of esters is 1. The van der Waals surface area contributed by atoms with Gasteiger partial charge in [0, 0.05) is 31.2 Å². The predicted octanol–water partition coefficient (Wildman–Crippen LogP) is 2.76. The standard InChI is InChI=1S/C20H27FN2O4/c1-4-27-20(26)17(13-18(24)22-11-5-6-12-22)19(25)23(14(2)3)16-9-7-15(21)8-10-16/h7-10,14,17H,4-6,11-13H2,1-3H3. The van der Waals surface area contributed by atoms with Crippen LogP contribution in [-0.4, -0.2) is 48.4 Å². The summed E-state index contributed by atoms with van der Waals surface area (Å²) in [5.74, 6) is -3.07. The molecule has 1 aliphatic heterocycles. The van der Waals surface area contributed by atoms with Crippen LogP contribution in [0.2, 0.25) is 0 Å². The number of carbonyl (C=O) groups excluding carboxylic acids is 3. The molecule has 1 aromatic rings. The molecule has 0 aliphatic carbocycles. The van der Waals surface area contributed by atoms with Gasteiger partial charge in [0.15, 0.2) is 0 Å². The molecule has 1 heterocycles. The number of amides is 2. The number of anilines is 1. The number of hydrogen-bond acceptors (Lipinski definition) is 4. The molecular weight excluding hydrogens is 351 g/mol. The van der Waals surface area contributed by atoms with Gasteiger partial charge in [-0.1, -0.05) is 0 Å². The minimum absolute atomic E-state index is 0.124. The molecule has 0 N–H and O–H groups in total. The normalized spacial score (nSPS) is 14.9. The van der Waals surface area contributed by atoms with Crippen molar-refractivity contribution in [1.29, 1.82) is 0 Å². The maximum atomic E-state index is 13.3. The maximum Gasteiger partial charge on any atom is 0.319 e. The molecule has 2 rings (SSSR count). The van der Waals surface area contributed by atoms with Gasteiger partial charge < -0.3 is 14.5 Å². The summed E-state index contributed by atoms with van der Waals surface area (Å²) in [5, 5.41) is 0. The van der Waals surface area contributed by atoms with E-state index in [1.54, 1.807) is 25.7 Å². The zero-order chi connectivity index (χ0) is 20.0. The Morgan fingerprint density at radius 3 is 2.26 bits per heavy atom. The molecule has 6 nitrogen and oxygen atoms in total. The average Bonchev–Trinajstić information content (AvgIpc) is 3.16. The quantitative estimate of drug-likeness (QED) is 0.541. The van der Waals surface area contributed by atoms with Crippen LogP contribution in [-0.2, 0) is 19.1 Å². The van der Waals surface area contributed by atoms with Crippen molar-refractivity contribution in [2.24, 2.45) is 5.92 Å². The topological polar surface area (TPSA) is 66.9 Å².